The van der Waals surface area contributed by atoms with Crippen molar-refractivity contribution in [1.82, 2.24) is 0 Å². The summed E-state index contributed by atoms with van der Waals surface area (Å²) >= 11 is 0. The van der Waals surface area contributed by atoms with E-state index in [1.807, 2.05) is 0 Å². The average molecular weight is 441 g/mol. The van der Waals surface area contributed by atoms with Crippen molar-refractivity contribution < 1.29 is 5.11 Å². The third-order valence-electron chi connectivity index (χ3n) is 13.6. The van der Waals surface area contributed by atoms with Crippen molar-refractivity contribution >= 4 is 0 Å². The molecule has 0 radical (unpaired) electrons. The smallest absolute Gasteiger partial charge is 0.0594 e. The van der Waals surface area contributed by atoms with E-state index in [-0.39, 0.29) is 11.5 Å². The Morgan fingerprint density at radius 1 is 0.844 bits per heavy atom. The molecule has 0 aliphatic heterocycles. The highest BCUT2D eigenvalue weighted by Crippen LogP contribution is 2.89. The minimum Gasteiger partial charge on any atom is -0.393 e. The molecule has 0 heterocycles. The van der Waals surface area contributed by atoms with Crippen LogP contribution in [0.5, 0.6) is 0 Å². The van der Waals surface area contributed by atoms with Crippen LogP contribution in [-0.2, 0) is 0 Å². The molecule has 0 saturated heterocycles. The highest BCUT2D eigenvalue weighted by Gasteiger charge is 2.82. The second-order valence-corrected chi connectivity index (χ2v) is 14.9. The van der Waals surface area contributed by atoms with Crippen LogP contribution in [-0.4, -0.2) is 11.2 Å². The zero-order valence-corrected chi connectivity index (χ0v) is 22.4. The van der Waals surface area contributed by atoms with E-state index in [4.69, 9.17) is 0 Å². The lowest BCUT2D eigenvalue weighted by molar-refractivity contribution is -0.161. The Labute approximate surface area is 199 Å². The predicted molar refractivity (Wildman–Crippen MR) is 135 cm³/mol. The standard InChI is InChI=1S/C31H52O/c1-20(2)21(3)9-10-22(4)23-13-15-29(8)25-12-11-24-27(5,6)26(32)14-16-30(24)19-31(25,30)18-17-28(23,29)7/h20,22-26,32H,3,9-19H2,1-2,4-8H3/t22?,23?,24?,25?,26?,28?,29-,30?,31?/m0/s1. The summed E-state index contributed by atoms with van der Waals surface area (Å²) in [7, 11) is 0. The lowest BCUT2D eigenvalue weighted by Gasteiger charge is -2.63. The van der Waals surface area contributed by atoms with Gasteiger partial charge in [0.25, 0.3) is 0 Å². The van der Waals surface area contributed by atoms with E-state index >= 15 is 0 Å². The number of allylic oxidation sites excluding steroid dienone is 1. The monoisotopic (exact) mass is 440 g/mol. The summed E-state index contributed by atoms with van der Waals surface area (Å²) in [5, 5.41) is 10.9. The molecule has 0 amide bonds. The van der Waals surface area contributed by atoms with Gasteiger partial charge in [0, 0.05) is 0 Å². The van der Waals surface area contributed by atoms with Crippen LogP contribution >= 0.6 is 0 Å². The molecule has 32 heavy (non-hydrogen) atoms. The summed E-state index contributed by atoms with van der Waals surface area (Å²) in [6.45, 7) is 21.8. The van der Waals surface area contributed by atoms with Crippen molar-refractivity contribution in [2.45, 2.75) is 125 Å². The first-order valence-corrected chi connectivity index (χ1v) is 14.2. The quantitative estimate of drug-likeness (QED) is 0.425. The maximum absolute atomic E-state index is 10.9. The Morgan fingerprint density at radius 3 is 2.19 bits per heavy atom. The third kappa shape index (κ3) is 2.73. The number of aliphatic hydroxyl groups is 1. The number of rotatable bonds is 5. The Morgan fingerprint density at radius 2 is 1.50 bits per heavy atom. The largest absolute Gasteiger partial charge is 0.393 e. The molecule has 5 rings (SSSR count). The number of fused-ring (bicyclic) bond motifs is 2. The minimum absolute atomic E-state index is 0.0888. The van der Waals surface area contributed by atoms with Crippen molar-refractivity contribution in [2.75, 3.05) is 0 Å². The first-order valence-electron chi connectivity index (χ1n) is 14.2. The predicted octanol–water partition coefficient (Wildman–Crippen LogP) is 8.41. The van der Waals surface area contributed by atoms with Crippen LogP contribution in [0.3, 0.4) is 0 Å². The van der Waals surface area contributed by atoms with Gasteiger partial charge >= 0.3 is 0 Å². The van der Waals surface area contributed by atoms with Gasteiger partial charge in [-0.2, -0.15) is 0 Å². The Hall–Kier alpha value is -0.300. The lowest BCUT2D eigenvalue weighted by atomic mass is 9.41. The van der Waals surface area contributed by atoms with E-state index in [0.29, 0.717) is 27.6 Å². The molecule has 8 unspecified atom stereocenters. The van der Waals surface area contributed by atoms with E-state index in [0.717, 1.165) is 30.1 Å². The maximum atomic E-state index is 10.9. The SMILES string of the molecule is C=C(CCC(C)C1CC[C@@]2(C)C3CCC4C(C)(C)C(O)CCC45CC35CCC12C)C(C)C. The molecule has 182 valence electrons. The Balaban J connectivity index is 1.39. The van der Waals surface area contributed by atoms with Crippen LogP contribution in [0.25, 0.3) is 0 Å². The normalized spacial score (nSPS) is 51.9. The molecule has 2 spiro atoms. The second-order valence-electron chi connectivity index (χ2n) is 14.9. The molecule has 9 atom stereocenters. The second kappa shape index (κ2) is 7.11. The molecular weight excluding hydrogens is 388 g/mol. The van der Waals surface area contributed by atoms with Gasteiger partial charge in [-0.15, -0.1) is 0 Å². The fraction of sp³-hybridized carbons (Fsp3) is 0.935. The summed E-state index contributed by atoms with van der Waals surface area (Å²) in [5.41, 5.74) is 3.79. The number of aliphatic hydroxyl groups excluding tert-OH is 1. The van der Waals surface area contributed by atoms with Gasteiger partial charge in [-0.25, -0.2) is 0 Å². The zero-order valence-electron chi connectivity index (χ0n) is 22.4. The van der Waals surface area contributed by atoms with Gasteiger partial charge in [-0.1, -0.05) is 60.6 Å². The summed E-state index contributed by atoms with van der Waals surface area (Å²) in [4.78, 5) is 0. The third-order valence-corrected chi connectivity index (χ3v) is 13.6. The highest BCUT2D eigenvalue weighted by atomic mass is 16.3. The van der Waals surface area contributed by atoms with Crippen LogP contribution in [0, 0.1) is 56.7 Å². The van der Waals surface area contributed by atoms with Gasteiger partial charge in [0.05, 0.1) is 6.10 Å². The van der Waals surface area contributed by atoms with E-state index < -0.39 is 0 Å². The van der Waals surface area contributed by atoms with Crippen molar-refractivity contribution in [3.8, 4) is 0 Å². The number of hydrogen-bond donors (Lipinski definition) is 1. The van der Waals surface area contributed by atoms with Crippen LogP contribution in [0.4, 0.5) is 0 Å². The van der Waals surface area contributed by atoms with E-state index in [2.05, 4.69) is 55.0 Å². The fourth-order valence-electron chi connectivity index (χ4n) is 11.2. The highest BCUT2D eigenvalue weighted by molar-refractivity contribution is 5.30. The summed E-state index contributed by atoms with van der Waals surface area (Å²) in [5.74, 6) is 4.02. The minimum atomic E-state index is -0.0888. The number of hydrogen-bond acceptors (Lipinski definition) is 1. The van der Waals surface area contributed by atoms with E-state index in [1.165, 1.54) is 69.8 Å². The molecule has 5 saturated carbocycles. The molecule has 5 aliphatic rings. The van der Waals surface area contributed by atoms with Gasteiger partial charge in [0.2, 0.25) is 0 Å². The molecule has 5 aliphatic carbocycles. The molecule has 1 N–H and O–H groups in total. The molecule has 0 aromatic carbocycles. The van der Waals surface area contributed by atoms with Crippen LogP contribution in [0.2, 0.25) is 0 Å². The van der Waals surface area contributed by atoms with Gasteiger partial charge in [-0.3, -0.25) is 0 Å². The van der Waals surface area contributed by atoms with Gasteiger partial charge in [-0.05, 0) is 127 Å². The van der Waals surface area contributed by atoms with E-state index in [9.17, 15) is 5.11 Å². The lowest BCUT2D eigenvalue weighted by Crippen LogP contribution is -2.57. The van der Waals surface area contributed by atoms with Crippen LogP contribution in [0.15, 0.2) is 12.2 Å². The van der Waals surface area contributed by atoms with Crippen molar-refractivity contribution in [1.29, 1.82) is 0 Å². The van der Waals surface area contributed by atoms with Gasteiger partial charge in [0.1, 0.15) is 0 Å². The van der Waals surface area contributed by atoms with Gasteiger partial charge in [0.15, 0.2) is 0 Å². The van der Waals surface area contributed by atoms with Crippen molar-refractivity contribution in [2.24, 2.45) is 56.7 Å². The fourth-order valence-corrected chi connectivity index (χ4v) is 11.2. The summed E-state index contributed by atoms with van der Waals surface area (Å²) in [6.07, 6.45) is 15.0. The average Bonchev–Trinajstić information content (AvgIpc) is 3.31. The Bertz CT molecular complexity index is 779. The summed E-state index contributed by atoms with van der Waals surface area (Å²) < 4.78 is 0. The molecule has 1 heteroatoms. The molecule has 5 fully saturated rings. The topological polar surface area (TPSA) is 20.2 Å². The van der Waals surface area contributed by atoms with Crippen molar-refractivity contribution in [3.63, 3.8) is 0 Å². The van der Waals surface area contributed by atoms with Crippen molar-refractivity contribution in [3.05, 3.63) is 12.2 Å². The first-order chi connectivity index (χ1) is 14.9. The van der Waals surface area contributed by atoms with Crippen LogP contribution < -0.4 is 0 Å². The molecular formula is C31H52O. The molecule has 0 aromatic rings. The summed E-state index contributed by atoms with van der Waals surface area (Å²) in [6, 6.07) is 0. The maximum Gasteiger partial charge on any atom is 0.0594 e. The molecule has 0 bridgehead atoms. The Kier molecular flexibility index (Phi) is 5.21. The molecule has 1 nitrogen and oxygen atoms in total. The zero-order chi connectivity index (χ0) is 23.3. The van der Waals surface area contributed by atoms with Crippen LogP contribution in [0.1, 0.15) is 119 Å². The first kappa shape index (κ1) is 23.4. The molecule has 0 aromatic heterocycles. The van der Waals surface area contributed by atoms with Gasteiger partial charge < -0.3 is 5.11 Å². The van der Waals surface area contributed by atoms with E-state index in [1.54, 1.807) is 0 Å².